The monoisotopic (exact) mass is 174 g/mol. The van der Waals surface area contributed by atoms with E-state index in [1.54, 1.807) is 6.07 Å². The second kappa shape index (κ2) is 4.02. The molecule has 1 aromatic heterocycles. The summed E-state index contributed by atoms with van der Waals surface area (Å²) in [5.41, 5.74) is 0.619. The van der Waals surface area contributed by atoms with Crippen molar-refractivity contribution in [3.8, 4) is 6.07 Å². The first-order valence-electron chi connectivity index (χ1n) is 3.49. The lowest BCUT2D eigenvalue weighted by Gasteiger charge is -1.94. The number of hydrogen-bond donors (Lipinski definition) is 1. The molecule has 64 valence electrons. The highest BCUT2D eigenvalue weighted by molar-refractivity contribution is 5.85. The molecule has 0 spiro atoms. The number of carboxylic acid groups (broad SMARTS) is 1. The molecule has 0 unspecified atom stereocenters. The van der Waals surface area contributed by atoms with Gasteiger partial charge in [-0.15, -0.1) is 0 Å². The lowest BCUT2D eigenvalue weighted by Crippen LogP contribution is -1.99. The molecular formula is C9H6N2O2. The first-order chi connectivity index (χ1) is 6.24. The molecule has 13 heavy (non-hydrogen) atoms. The number of nitrogens with zero attached hydrogens (tertiary/aromatic N) is 2. The Hall–Kier alpha value is -2.15. The molecule has 1 N–H and O–H groups in total. The van der Waals surface area contributed by atoms with Crippen LogP contribution < -0.4 is 0 Å². The molecule has 0 saturated heterocycles. The summed E-state index contributed by atoms with van der Waals surface area (Å²) in [5.74, 6) is -1.08. The summed E-state index contributed by atoms with van der Waals surface area (Å²) >= 11 is 0. The van der Waals surface area contributed by atoms with Crippen molar-refractivity contribution < 1.29 is 9.90 Å². The van der Waals surface area contributed by atoms with Crippen molar-refractivity contribution in [3.05, 3.63) is 35.7 Å². The van der Waals surface area contributed by atoms with Crippen LogP contribution in [0.15, 0.2) is 24.4 Å². The van der Waals surface area contributed by atoms with E-state index in [-0.39, 0.29) is 5.69 Å². The third kappa shape index (κ3) is 2.42. The Kier molecular flexibility index (Phi) is 2.77. The van der Waals surface area contributed by atoms with Crippen molar-refractivity contribution in [2.75, 3.05) is 0 Å². The number of carbonyl (C=O) groups is 1. The van der Waals surface area contributed by atoms with Gasteiger partial charge < -0.3 is 5.11 Å². The van der Waals surface area contributed by atoms with Crippen molar-refractivity contribution in [3.63, 3.8) is 0 Å². The molecule has 0 aliphatic heterocycles. The van der Waals surface area contributed by atoms with E-state index in [1.807, 2.05) is 6.07 Å². The topological polar surface area (TPSA) is 74.0 Å². The zero-order chi connectivity index (χ0) is 9.68. The van der Waals surface area contributed by atoms with Crippen LogP contribution >= 0.6 is 0 Å². The van der Waals surface area contributed by atoms with E-state index < -0.39 is 5.97 Å². The van der Waals surface area contributed by atoms with Gasteiger partial charge in [-0.1, -0.05) is 0 Å². The summed E-state index contributed by atoms with van der Waals surface area (Å²) in [7, 11) is 0. The molecule has 0 bridgehead atoms. The van der Waals surface area contributed by atoms with Gasteiger partial charge in [0.2, 0.25) is 0 Å². The van der Waals surface area contributed by atoms with Gasteiger partial charge in [-0.3, -0.25) is 0 Å². The van der Waals surface area contributed by atoms with Crippen LogP contribution in [0.5, 0.6) is 0 Å². The lowest BCUT2D eigenvalue weighted by molar-refractivity contribution is 0.0690. The number of rotatable bonds is 2. The average molecular weight is 174 g/mol. The Morgan fingerprint density at radius 2 is 2.46 bits per heavy atom. The van der Waals surface area contributed by atoms with E-state index in [1.165, 1.54) is 24.4 Å². The maximum Gasteiger partial charge on any atom is 0.354 e. The van der Waals surface area contributed by atoms with Gasteiger partial charge in [0.1, 0.15) is 5.69 Å². The Morgan fingerprint density at radius 1 is 1.69 bits per heavy atom. The predicted molar refractivity (Wildman–Crippen MR) is 45.8 cm³/mol. The summed E-state index contributed by atoms with van der Waals surface area (Å²) in [4.78, 5) is 14.1. The summed E-state index contributed by atoms with van der Waals surface area (Å²) in [6, 6.07) is 4.84. The number of nitriles is 1. The van der Waals surface area contributed by atoms with Gasteiger partial charge >= 0.3 is 5.97 Å². The van der Waals surface area contributed by atoms with Crippen molar-refractivity contribution in [1.82, 2.24) is 4.98 Å². The van der Waals surface area contributed by atoms with Crippen LogP contribution in [0.2, 0.25) is 0 Å². The van der Waals surface area contributed by atoms with Crippen molar-refractivity contribution in [2.45, 2.75) is 0 Å². The summed E-state index contributed by atoms with van der Waals surface area (Å²) in [5, 5.41) is 16.8. The molecule has 0 amide bonds. The van der Waals surface area contributed by atoms with Gasteiger partial charge in [-0.25, -0.2) is 9.78 Å². The minimum Gasteiger partial charge on any atom is -0.477 e. The highest BCUT2D eigenvalue weighted by atomic mass is 16.4. The van der Waals surface area contributed by atoms with Gasteiger partial charge in [-0.05, 0) is 23.8 Å². The summed E-state index contributed by atoms with van der Waals surface area (Å²) in [6.07, 6.45) is 4.19. The Labute approximate surface area is 74.8 Å². The van der Waals surface area contributed by atoms with Crippen LogP contribution in [-0.2, 0) is 0 Å². The third-order valence-corrected chi connectivity index (χ3v) is 1.35. The fourth-order valence-corrected chi connectivity index (χ4v) is 0.801. The molecule has 1 rings (SSSR count). The normalized spacial score (nSPS) is 9.77. The Balaban J connectivity index is 3.00. The highest BCUT2D eigenvalue weighted by Gasteiger charge is 2.02. The molecule has 4 nitrogen and oxygen atoms in total. The number of pyridine rings is 1. The first-order valence-corrected chi connectivity index (χ1v) is 3.49. The van der Waals surface area contributed by atoms with Crippen molar-refractivity contribution in [1.29, 1.82) is 5.26 Å². The minimum absolute atomic E-state index is 0.0277. The molecule has 4 heteroatoms. The molecule has 0 atom stereocenters. The lowest BCUT2D eigenvalue weighted by atomic mass is 10.2. The number of aromatic nitrogens is 1. The van der Waals surface area contributed by atoms with Gasteiger partial charge in [0.05, 0.1) is 6.07 Å². The largest absolute Gasteiger partial charge is 0.477 e. The number of hydrogen-bond acceptors (Lipinski definition) is 3. The van der Waals surface area contributed by atoms with Crippen molar-refractivity contribution in [2.24, 2.45) is 0 Å². The fourth-order valence-electron chi connectivity index (χ4n) is 0.801. The summed E-state index contributed by atoms with van der Waals surface area (Å²) in [6.45, 7) is 0. The van der Waals surface area contributed by atoms with E-state index in [0.29, 0.717) is 5.56 Å². The van der Waals surface area contributed by atoms with Crippen molar-refractivity contribution >= 4 is 12.0 Å². The van der Waals surface area contributed by atoms with Crippen LogP contribution in [0.25, 0.3) is 6.08 Å². The first kappa shape index (κ1) is 8.94. The Morgan fingerprint density at radius 3 is 3.08 bits per heavy atom. The van der Waals surface area contributed by atoms with Gasteiger partial charge in [0.15, 0.2) is 0 Å². The van der Waals surface area contributed by atoms with E-state index in [2.05, 4.69) is 4.98 Å². The molecule has 1 heterocycles. The zero-order valence-electron chi connectivity index (χ0n) is 6.64. The maximum absolute atomic E-state index is 10.5. The maximum atomic E-state index is 10.5. The molecule has 0 radical (unpaired) electrons. The highest BCUT2D eigenvalue weighted by Crippen LogP contribution is 2.03. The third-order valence-electron chi connectivity index (χ3n) is 1.35. The molecular weight excluding hydrogens is 168 g/mol. The smallest absolute Gasteiger partial charge is 0.354 e. The zero-order valence-corrected chi connectivity index (χ0v) is 6.64. The van der Waals surface area contributed by atoms with Crippen LogP contribution in [-0.4, -0.2) is 16.1 Å². The number of allylic oxidation sites excluding steroid dienone is 1. The quantitative estimate of drug-likeness (QED) is 0.686. The number of carboxylic acids is 1. The van der Waals surface area contributed by atoms with Crippen LogP contribution in [0.3, 0.4) is 0 Å². The second-order valence-electron chi connectivity index (χ2n) is 2.24. The fraction of sp³-hybridized carbons (Fsp3) is 0. The summed E-state index contributed by atoms with van der Waals surface area (Å²) < 4.78 is 0. The molecule has 0 aliphatic rings. The molecule has 0 saturated carbocycles. The SMILES string of the molecule is N#CC=Cc1ccnc(C(=O)O)c1. The van der Waals surface area contributed by atoms with E-state index >= 15 is 0 Å². The number of aromatic carboxylic acids is 1. The molecule has 0 aromatic carbocycles. The van der Waals surface area contributed by atoms with Gasteiger partial charge in [0, 0.05) is 12.3 Å². The second-order valence-corrected chi connectivity index (χ2v) is 2.24. The van der Waals surface area contributed by atoms with Crippen LogP contribution in [0, 0.1) is 11.3 Å². The Bertz CT molecular complexity index is 391. The standard InChI is InChI=1S/C9H6N2O2/c10-4-1-2-7-3-5-11-8(6-7)9(12)13/h1-3,5-6H,(H,12,13). The van der Waals surface area contributed by atoms with E-state index in [9.17, 15) is 4.79 Å². The van der Waals surface area contributed by atoms with E-state index in [0.717, 1.165) is 0 Å². The molecule has 0 fully saturated rings. The molecule has 0 aliphatic carbocycles. The van der Waals surface area contributed by atoms with Gasteiger partial charge in [-0.2, -0.15) is 5.26 Å². The molecule has 1 aromatic rings. The average Bonchev–Trinajstić information content (AvgIpc) is 2.15. The minimum atomic E-state index is -1.08. The predicted octanol–water partition coefficient (Wildman–Crippen LogP) is 1.32. The van der Waals surface area contributed by atoms with Crippen LogP contribution in [0.4, 0.5) is 0 Å². The van der Waals surface area contributed by atoms with Gasteiger partial charge in [0.25, 0.3) is 0 Å². The van der Waals surface area contributed by atoms with Crippen LogP contribution in [0.1, 0.15) is 16.1 Å². The van der Waals surface area contributed by atoms with E-state index in [4.69, 9.17) is 10.4 Å².